The molecule has 1 aromatic heterocycles. The SMILES string of the molecule is CC(C)C(=O)c1cn(CC(=O)NC2CCCCCC2)c2ccccc12. The molecule has 4 nitrogen and oxygen atoms in total. The summed E-state index contributed by atoms with van der Waals surface area (Å²) in [6.45, 7) is 4.09. The number of hydrogen-bond donors (Lipinski definition) is 1. The molecule has 0 atom stereocenters. The van der Waals surface area contributed by atoms with Crippen LogP contribution in [-0.4, -0.2) is 22.3 Å². The standard InChI is InChI=1S/C21H28N2O2/c1-15(2)21(25)18-13-23(19-12-8-7-11-17(18)19)14-20(24)22-16-9-5-3-4-6-10-16/h7-8,11-13,15-16H,3-6,9-10,14H2,1-2H3,(H,22,24). The summed E-state index contributed by atoms with van der Waals surface area (Å²) in [4.78, 5) is 25.0. The van der Waals surface area contributed by atoms with Crippen molar-refractivity contribution in [1.29, 1.82) is 0 Å². The highest BCUT2D eigenvalue weighted by atomic mass is 16.2. The fraction of sp³-hybridized carbons (Fsp3) is 0.524. The fourth-order valence-electron chi connectivity index (χ4n) is 3.74. The summed E-state index contributed by atoms with van der Waals surface area (Å²) >= 11 is 0. The van der Waals surface area contributed by atoms with E-state index in [-0.39, 0.29) is 24.2 Å². The van der Waals surface area contributed by atoms with Gasteiger partial charge in [-0.25, -0.2) is 0 Å². The minimum atomic E-state index is -0.0564. The quantitative estimate of drug-likeness (QED) is 0.651. The first kappa shape index (κ1) is 17.7. The molecule has 1 saturated carbocycles. The van der Waals surface area contributed by atoms with Crippen molar-refractivity contribution in [3.05, 3.63) is 36.0 Å². The second kappa shape index (κ2) is 7.85. The molecule has 2 aromatic rings. The minimum absolute atomic E-state index is 0.0381. The lowest BCUT2D eigenvalue weighted by Gasteiger charge is -2.16. The average molecular weight is 340 g/mol. The Morgan fingerprint density at radius 1 is 1.12 bits per heavy atom. The maximum Gasteiger partial charge on any atom is 0.240 e. The molecule has 0 spiro atoms. The van der Waals surface area contributed by atoms with Crippen LogP contribution < -0.4 is 5.32 Å². The van der Waals surface area contributed by atoms with Crippen molar-refractivity contribution in [3.63, 3.8) is 0 Å². The Hall–Kier alpha value is -2.10. The van der Waals surface area contributed by atoms with Gasteiger partial charge in [-0.15, -0.1) is 0 Å². The van der Waals surface area contributed by atoms with Crippen molar-refractivity contribution < 1.29 is 9.59 Å². The first-order valence-electron chi connectivity index (χ1n) is 9.47. The molecule has 0 saturated heterocycles. The van der Waals surface area contributed by atoms with E-state index >= 15 is 0 Å². The molecule has 0 unspecified atom stereocenters. The highest BCUT2D eigenvalue weighted by molar-refractivity contribution is 6.09. The summed E-state index contributed by atoms with van der Waals surface area (Å²) in [5.74, 6) is 0.106. The van der Waals surface area contributed by atoms with Gasteiger partial charge in [0.15, 0.2) is 5.78 Å². The van der Waals surface area contributed by atoms with Gasteiger partial charge >= 0.3 is 0 Å². The van der Waals surface area contributed by atoms with Crippen LogP contribution in [0.25, 0.3) is 10.9 Å². The number of ketones is 1. The van der Waals surface area contributed by atoms with Gasteiger partial charge in [-0.3, -0.25) is 9.59 Å². The Bertz CT molecular complexity index is 752. The van der Waals surface area contributed by atoms with Crippen LogP contribution in [0.4, 0.5) is 0 Å². The lowest BCUT2D eigenvalue weighted by Crippen LogP contribution is -2.36. The van der Waals surface area contributed by atoms with Crippen molar-refractivity contribution in [3.8, 4) is 0 Å². The molecule has 25 heavy (non-hydrogen) atoms. The molecule has 1 aromatic carbocycles. The van der Waals surface area contributed by atoms with E-state index < -0.39 is 0 Å². The molecule has 0 bridgehead atoms. The van der Waals surface area contributed by atoms with Crippen LogP contribution in [0.5, 0.6) is 0 Å². The van der Waals surface area contributed by atoms with Crippen molar-refractivity contribution in [2.75, 3.05) is 0 Å². The van der Waals surface area contributed by atoms with Gasteiger partial charge in [0.1, 0.15) is 6.54 Å². The molecule has 1 heterocycles. The van der Waals surface area contributed by atoms with Crippen LogP contribution in [0.15, 0.2) is 30.5 Å². The van der Waals surface area contributed by atoms with Gasteiger partial charge in [-0.05, 0) is 18.9 Å². The number of carbonyl (C=O) groups excluding carboxylic acids is 2. The fourth-order valence-corrected chi connectivity index (χ4v) is 3.74. The van der Waals surface area contributed by atoms with Gasteiger partial charge in [0, 0.05) is 34.6 Å². The van der Waals surface area contributed by atoms with Gasteiger partial charge < -0.3 is 9.88 Å². The monoisotopic (exact) mass is 340 g/mol. The van der Waals surface area contributed by atoms with Crippen molar-refractivity contribution in [2.24, 2.45) is 5.92 Å². The normalized spacial score (nSPS) is 16.1. The summed E-state index contributed by atoms with van der Waals surface area (Å²) in [5.41, 5.74) is 1.66. The second-order valence-corrected chi connectivity index (χ2v) is 7.46. The third kappa shape index (κ3) is 4.12. The Morgan fingerprint density at radius 3 is 2.48 bits per heavy atom. The number of nitrogens with zero attached hydrogens (tertiary/aromatic N) is 1. The van der Waals surface area contributed by atoms with Crippen LogP contribution in [0, 0.1) is 5.92 Å². The summed E-state index contributed by atoms with van der Waals surface area (Å²) in [6, 6.07) is 8.13. The van der Waals surface area contributed by atoms with Gasteiger partial charge in [-0.1, -0.05) is 57.7 Å². The first-order valence-corrected chi connectivity index (χ1v) is 9.47. The second-order valence-electron chi connectivity index (χ2n) is 7.46. The molecule has 1 aliphatic rings. The maximum atomic E-state index is 12.5. The van der Waals surface area contributed by atoms with Gasteiger partial charge in [0.2, 0.25) is 5.91 Å². The number of nitrogens with one attached hydrogen (secondary N) is 1. The number of para-hydroxylation sites is 1. The number of amides is 1. The van der Waals surface area contributed by atoms with E-state index in [1.165, 1.54) is 25.7 Å². The molecule has 3 rings (SSSR count). The van der Waals surface area contributed by atoms with E-state index in [4.69, 9.17) is 0 Å². The van der Waals surface area contributed by atoms with Crippen molar-refractivity contribution in [2.45, 2.75) is 65.0 Å². The van der Waals surface area contributed by atoms with Crippen LogP contribution in [0.2, 0.25) is 0 Å². The van der Waals surface area contributed by atoms with Crippen LogP contribution in [0.3, 0.4) is 0 Å². The van der Waals surface area contributed by atoms with Gasteiger partial charge in [-0.2, -0.15) is 0 Å². The zero-order valence-corrected chi connectivity index (χ0v) is 15.3. The molecule has 4 heteroatoms. The molecule has 0 radical (unpaired) electrons. The summed E-state index contributed by atoms with van der Waals surface area (Å²) in [7, 11) is 0. The Labute approximate surface area is 149 Å². The first-order chi connectivity index (χ1) is 12.1. The summed E-state index contributed by atoms with van der Waals surface area (Å²) in [5, 5.41) is 4.12. The molecule has 1 amide bonds. The molecule has 134 valence electrons. The van der Waals surface area contributed by atoms with Crippen molar-refractivity contribution in [1.82, 2.24) is 9.88 Å². The number of fused-ring (bicyclic) bond motifs is 1. The average Bonchev–Trinajstić information content (AvgIpc) is 2.76. The molecule has 1 fully saturated rings. The lowest BCUT2D eigenvalue weighted by atomic mass is 10.0. The van der Waals surface area contributed by atoms with E-state index in [0.29, 0.717) is 11.6 Å². The highest BCUT2D eigenvalue weighted by Crippen LogP contribution is 2.24. The molecule has 1 N–H and O–H groups in total. The predicted octanol–water partition coefficient (Wildman–Crippen LogP) is 4.32. The topological polar surface area (TPSA) is 51.1 Å². The number of aromatic nitrogens is 1. The summed E-state index contributed by atoms with van der Waals surface area (Å²) in [6.07, 6.45) is 8.95. The Kier molecular flexibility index (Phi) is 5.57. The molecular weight excluding hydrogens is 312 g/mol. The zero-order valence-electron chi connectivity index (χ0n) is 15.3. The minimum Gasteiger partial charge on any atom is -0.352 e. The molecule has 0 aliphatic heterocycles. The predicted molar refractivity (Wildman–Crippen MR) is 101 cm³/mol. The third-order valence-electron chi connectivity index (χ3n) is 5.11. The van der Waals surface area contributed by atoms with E-state index in [9.17, 15) is 9.59 Å². The van der Waals surface area contributed by atoms with E-state index in [1.54, 1.807) is 0 Å². The van der Waals surface area contributed by atoms with Crippen LogP contribution >= 0.6 is 0 Å². The van der Waals surface area contributed by atoms with Gasteiger partial charge in [0.05, 0.1) is 0 Å². The molecule has 1 aliphatic carbocycles. The molecular formula is C21H28N2O2. The number of hydrogen-bond acceptors (Lipinski definition) is 2. The number of benzene rings is 1. The smallest absolute Gasteiger partial charge is 0.240 e. The number of Topliss-reactive ketones (excluding diaryl/α,β-unsaturated/α-hetero) is 1. The van der Waals surface area contributed by atoms with E-state index in [0.717, 1.165) is 23.7 Å². The largest absolute Gasteiger partial charge is 0.352 e. The van der Waals surface area contributed by atoms with E-state index in [1.807, 2.05) is 48.9 Å². The van der Waals surface area contributed by atoms with Crippen molar-refractivity contribution >= 4 is 22.6 Å². The van der Waals surface area contributed by atoms with Gasteiger partial charge in [0.25, 0.3) is 0 Å². The van der Waals surface area contributed by atoms with Crippen LogP contribution in [0.1, 0.15) is 62.7 Å². The van der Waals surface area contributed by atoms with Crippen LogP contribution in [-0.2, 0) is 11.3 Å². The van der Waals surface area contributed by atoms with E-state index in [2.05, 4.69) is 5.32 Å². The number of carbonyl (C=O) groups is 2. The Balaban J connectivity index is 1.78. The zero-order chi connectivity index (χ0) is 17.8. The summed E-state index contributed by atoms with van der Waals surface area (Å²) < 4.78 is 1.91. The third-order valence-corrected chi connectivity index (χ3v) is 5.11. The maximum absolute atomic E-state index is 12.5. The lowest BCUT2D eigenvalue weighted by molar-refractivity contribution is -0.122. The highest BCUT2D eigenvalue weighted by Gasteiger charge is 2.19. The Morgan fingerprint density at radius 2 is 1.80 bits per heavy atom. The number of rotatable bonds is 5.